The van der Waals surface area contributed by atoms with Gasteiger partial charge in [-0.1, -0.05) is 36.4 Å². The quantitative estimate of drug-likeness (QED) is 0.401. The van der Waals surface area contributed by atoms with Gasteiger partial charge in [0.25, 0.3) is 5.91 Å². The van der Waals surface area contributed by atoms with E-state index in [2.05, 4.69) is 33.8 Å². The van der Waals surface area contributed by atoms with Crippen molar-refractivity contribution in [1.29, 1.82) is 0 Å². The number of hydrogen-bond donors (Lipinski definition) is 2. The van der Waals surface area contributed by atoms with Crippen molar-refractivity contribution in [3.63, 3.8) is 0 Å². The summed E-state index contributed by atoms with van der Waals surface area (Å²) < 4.78 is 0. The van der Waals surface area contributed by atoms with Crippen LogP contribution in [0.1, 0.15) is 38.3 Å². The van der Waals surface area contributed by atoms with Gasteiger partial charge in [-0.05, 0) is 79.4 Å². The van der Waals surface area contributed by atoms with Crippen molar-refractivity contribution in [3.05, 3.63) is 113 Å². The first-order chi connectivity index (χ1) is 15.5. The van der Waals surface area contributed by atoms with Gasteiger partial charge in [0.15, 0.2) is 0 Å². The van der Waals surface area contributed by atoms with Crippen LogP contribution in [0.2, 0.25) is 0 Å². The van der Waals surface area contributed by atoms with Crippen molar-refractivity contribution in [2.24, 2.45) is 0 Å². The van der Waals surface area contributed by atoms with Gasteiger partial charge in [-0.15, -0.1) is 0 Å². The SMILES string of the molecule is Cc1cc(C)cc(NC(=O)c2ccc(Nc3ncc(C)c(Cc4ccccc4)n3)cc2)c1. The molecule has 0 spiro atoms. The molecule has 4 rings (SSSR count). The number of hydrogen-bond acceptors (Lipinski definition) is 4. The normalized spacial score (nSPS) is 10.6. The number of amides is 1. The summed E-state index contributed by atoms with van der Waals surface area (Å²) in [5, 5.41) is 6.20. The molecule has 0 bridgehead atoms. The molecule has 1 heterocycles. The molecule has 0 aliphatic heterocycles. The number of carbonyl (C=O) groups excluding carboxylic acids is 1. The highest BCUT2D eigenvalue weighted by molar-refractivity contribution is 6.04. The third-order valence-corrected chi connectivity index (χ3v) is 5.17. The molecule has 0 radical (unpaired) electrons. The summed E-state index contributed by atoms with van der Waals surface area (Å²) in [6.07, 6.45) is 2.58. The van der Waals surface area contributed by atoms with Gasteiger partial charge in [0.05, 0.1) is 5.69 Å². The van der Waals surface area contributed by atoms with Gasteiger partial charge >= 0.3 is 0 Å². The molecule has 0 saturated carbocycles. The van der Waals surface area contributed by atoms with Gasteiger partial charge in [0, 0.05) is 29.6 Å². The third kappa shape index (κ3) is 5.38. The maximum absolute atomic E-state index is 12.6. The van der Waals surface area contributed by atoms with Crippen LogP contribution in [-0.2, 0) is 6.42 Å². The van der Waals surface area contributed by atoms with E-state index in [0.29, 0.717) is 11.5 Å². The molecular formula is C27H26N4O. The lowest BCUT2D eigenvalue weighted by Crippen LogP contribution is -2.12. The monoisotopic (exact) mass is 422 g/mol. The van der Waals surface area contributed by atoms with E-state index in [1.165, 1.54) is 5.56 Å². The summed E-state index contributed by atoms with van der Waals surface area (Å²) in [4.78, 5) is 21.7. The fourth-order valence-electron chi connectivity index (χ4n) is 3.59. The summed E-state index contributed by atoms with van der Waals surface area (Å²) in [7, 11) is 0. The second kappa shape index (κ2) is 9.43. The van der Waals surface area contributed by atoms with Crippen molar-refractivity contribution in [2.45, 2.75) is 27.2 Å². The molecule has 0 saturated heterocycles. The maximum Gasteiger partial charge on any atom is 0.255 e. The Balaban J connectivity index is 1.44. The van der Waals surface area contributed by atoms with Crippen LogP contribution in [0.5, 0.6) is 0 Å². The molecule has 32 heavy (non-hydrogen) atoms. The van der Waals surface area contributed by atoms with Crippen LogP contribution >= 0.6 is 0 Å². The summed E-state index contributed by atoms with van der Waals surface area (Å²) in [6, 6.07) is 23.6. The Morgan fingerprint density at radius 1 is 0.844 bits per heavy atom. The predicted octanol–water partition coefficient (Wildman–Crippen LogP) is 5.99. The van der Waals surface area contributed by atoms with E-state index < -0.39 is 0 Å². The van der Waals surface area contributed by atoms with Gasteiger partial charge in [0.1, 0.15) is 0 Å². The average molecular weight is 423 g/mol. The zero-order chi connectivity index (χ0) is 22.5. The van der Waals surface area contributed by atoms with Crippen LogP contribution in [0.25, 0.3) is 0 Å². The van der Waals surface area contributed by atoms with Gasteiger partial charge in [0.2, 0.25) is 5.95 Å². The van der Waals surface area contributed by atoms with E-state index in [4.69, 9.17) is 4.98 Å². The molecule has 0 unspecified atom stereocenters. The molecule has 160 valence electrons. The number of nitrogens with one attached hydrogen (secondary N) is 2. The van der Waals surface area contributed by atoms with Crippen LogP contribution in [0.4, 0.5) is 17.3 Å². The van der Waals surface area contributed by atoms with Crippen molar-refractivity contribution < 1.29 is 4.79 Å². The Morgan fingerprint density at radius 3 is 2.22 bits per heavy atom. The minimum Gasteiger partial charge on any atom is -0.324 e. The van der Waals surface area contributed by atoms with Gasteiger partial charge in [-0.2, -0.15) is 0 Å². The van der Waals surface area contributed by atoms with Gasteiger partial charge < -0.3 is 10.6 Å². The second-order valence-corrected chi connectivity index (χ2v) is 8.02. The lowest BCUT2D eigenvalue weighted by atomic mass is 10.1. The largest absolute Gasteiger partial charge is 0.324 e. The molecule has 0 aliphatic rings. The number of rotatable bonds is 6. The van der Waals surface area contributed by atoms with Crippen molar-refractivity contribution in [2.75, 3.05) is 10.6 Å². The van der Waals surface area contributed by atoms with Crippen molar-refractivity contribution in [1.82, 2.24) is 9.97 Å². The van der Waals surface area contributed by atoms with E-state index in [1.807, 2.05) is 69.4 Å². The first-order valence-corrected chi connectivity index (χ1v) is 10.6. The molecule has 5 nitrogen and oxygen atoms in total. The maximum atomic E-state index is 12.6. The number of nitrogens with zero attached hydrogens (tertiary/aromatic N) is 2. The molecule has 3 aromatic carbocycles. The number of carbonyl (C=O) groups is 1. The Bertz CT molecular complexity index is 1210. The first kappa shape index (κ1) is 21.2. The molecule has 0 aliphatic carbocycles. The minimum atomic E-state index is -0.140. The number of aryl methyl sites for hydroxylation is 3. The van der Waals surface area contributed by atoms with E-state index >= 15 is 0 Å². The predicted molar refractivity (Wildman–Crippen MR) is 130 cm³/mol. The molecule has 2 N–H and O–H groups in total. The molecule has 5 heteroatoms. The Kier molecular flexibility index (Phi) is 6.26. The second-order valence-electron chi connectivity index (χ2n) is 8.02. The van der Waals surface area contributed by atoms with Crippen molar-refractivity contribution in [3.8, 4) is 0 Å². The van der Waals surface area contributed by atoms with Gasteiger partial charge in [-0.25, -0.2) is 9.97 Å². The summed E-state index contributed by atoms with van der Waals surface area (Å²) >= 11 is 0. The third-order valence-electron chi connectivity index (χ3n) is 5.17. The zero-order valence-electron chi connectivity index (χ0n) is 18.5. The topological polar surface area (TPSA) is 66.9 Å². The Morgan fingerprint density at radius 2 is 1.53 bits per heavy atom. The van der Waals surface area contributed by atoms with E-state index in [1.54, 1.807) is 12.1 Å². The standard InChI is InChI=1S/C27H26N4O/c1-18-13-19(2)15-24(14-18)29-26(32)22-9-11-23(12-10-22)30-27-28-17-20(3)25(31-27)16-21-7-5-4-6-8-21/h4-15,17H,16H2,1-3H3,(H,29,32)(H,28,30,31). The zero-order valence-corrected chi connectivity index (χ0v) is 18.5. The molecule has 1 amide bonds. The molecular weight excluding hydrogens is 396 g/mol. The summed E-state index contributed by atoms with van der Waals surface area (Å²) in [6.45, 7) is 6.05. The van der Waals surface area contributed by atoms with Crippen LogP contribution in [-0.4, -0.2) is 15.9 Å². The average Bonchev–Trinajstić information content (AvgIpc) is 2.76. The Hall–Kier alpha value is -3.99. The first-order valence-electron chi connectivity index (χ1n) is 10.6. The highest BCUT2D eigenvalue weighted by atomic mass is 16.1. The molecule has 0 atom stereocenters. The van der Waals surface area contributed by atoms with E-state index in [9.17, 15) is 4.79 Å². The van der Waals surface area contributed by atoms with Crippen LogP contribution in [0, 0.1) is 20.8 Å². The Labute approximate surface area is 188 Å². The highest BCUT2D eigenvalue weighted by Crippen LogP contribution is 2.19. The number of benzene rings is 3. The van der Waals surface area contributed by atoms with Gasteiger partial charge in [-0.3, -0.25) is 4.79 Å². The lowest BCUT2D eigenvalue weighted by Gasteiger charge is -2.10. The molecule has 4 aromatic rings. The van der Waals surface area contributed by atoms with E-state index in [0.717, 1.165) is 40.2 Å². The van der Waals surface area contributed by atoms with Crippen molar-refractivity contribution >= 4 is 23.2 Å². The molecule has 1 aromatic heterocycles. The van der Waals surface area contributed by atoms with Crippen LogP contribution in [0.3, 0.4) is 0 Å². The number of anilines is 3. The van der Waals surface area contributed by atoms with Crippen LogP contribution in [0.15, 0.2) is 79.0 Å². The smallest absolute Gasteiger partial charge is 0.255 e. The summed E-state index contributed by atoms with van der Waals surface area (Å²) in [5.74, 6) is 0.396. The lowest BCUT2D eigenvalue weighted by molar-refractivity contribution is 0.102. The van der Waals surface area contributed by atoms with E-state index in [-0.39, 0.29) is 5.91 Å². The highest BCUT2D eigenvalue weighted by Gasteiger charge is 2.09. The summed E-state index contributed by atoms with van der Waals surface area (Å²) in [5.41, 5.74) is 7.69. The molecule has 0 fully saturated rings. The number of aromatic nitrogens is 2. The van der Waals surface area contributed by atoms with Crippen LogP contribution < -0.4 is 10.6 Å². The fourth-order valence-corrected chi connectivity index (χ4v) is 3.59. The minimum absolute atomic E-state index is 0.140. The fraction of sp³-hybridized carbons (Fsp3) is 0.148.